The van der Waals surface area contributed by atoms with Gasteiger partial charge < -0.3 is 19.5 Å². The van der Waals surface area contributed by atoms with Crippen molar-refractivity contribution in [2.45, 2.75) is 26.5 Å². The molecule has 1 aromatic heterocycles. The summed E-state index contributed by atoms with van der Waals surface area (Å²) in [6.07, 6.45) is -0.786. The molecule has 0 saturated carbocycles. The normalized spacial score (nSPS) is 15.5. The minimum atomic E-state index is -0.786. The van der Waals surface area contributed by atoms with E-state index in [2.05, 4.69) is 28.9 Å². The molecule has 0 aliphatic carbocycles. The molecule has 2 amide bonds. The maximum Gasteiger partial charge on any atom is 0.267 e. The summed E-state index contributed by atoms with van der Waals surface area (Å²) in [6, 6.07) is 21.5. The molecule has 0 spiro atoms. The lowest BCUT2D eigenvalue weighted by molar-refractivity contribution is -0.123. The summed E-state index contributed by atoms with van der Waals surface area (Å²) < 4.78 is 8.18. The van der Waals surface area contributed by atoms with Crippen LogP contribution in [0.5, 0.6) is 5.75 Å². The van der Waals surface area contributed by atoms with E-state index in [4.69, 9.17) is 4.74 Å². The van der Waals surface area contributed by atoms with Gasteiger partial charge in [0.2, 0.25) is 5.91 Å². The summed E-state index contributed by atoms with van der Waals surface area (Å²) in [4.78, 5) is 26.7. The molecule has 0 bridgehead atoms. The van der Waals surface area contributed by atoms with Crippen molar-refractivity contribution in [3.63, 3.8) is 0 Å². The van der Waals surface area contributed by atoms with Gasteiger partial charge in [-0.2, -0.15) is 0 Å². The summed E-state index contributed by atoms with van der Waals surface area (Å²) in [6.45, 7) is 4.66. The van der Waals surface area contributed by atoms with E-state index in [0.717, 1.165) is 22.8 Å². The molecule has 4 aromatic rings. The van der Waals surface area contributed by atoms with Gasteiger partial charge in [-0.25, -0.2) is 0 Å². The number of hydrogen-bond acceptors (Lipinski definition) is 3. The van der Waals surface area contributed by atoms with Crippen LogP contribution in [-0.2, 0) is 16.1 Å². The Bertz CT molecular complexity index is 1320. The highest BCUT2D eigenvalue weighted by atomic mass is 16.5. The summed E-state index contributed by atoms with van der Waals surface area (Å²) in [5.74, 6) is 0.132. The third kappa shape index (κ3) is 3.20. The van der Waals surface area contributed by atoms with Crippen molar-refractivity contribution in [2.24, 2.45) is 0 Å². The number of anilines is 2. The highest BCUT2D eigenvalue weighted by Crippen LogP contribution is 2.34. The van der Waals surface area contributed by atoms with Crippen LogP contribution in [0, 0.1) is 0 Å². The number of para-hydroxylation sites is 3. The second-order valence-electron chi connectivity index (χ2n) is 7.69. The predicted molar refractivity (Wildman–Crippen MR) is 123 cm³/mol. The van der Waals surface area contributed by atoms with Gasteiger partial charge in [0, 0.05) is 41.0 Å². The lowest BCUT2D eigenvalue weighted by atomic mass is 10.1. The van der Waals surface area contributed by atoms with Gasteiger partial charge in [-0.05, 0) is 43.3 Å². The Labute approximate surface area is 180 Å². The molecule has 0 fully saturated rings. The molecule has 31 heavy (non-hydrogen) atoms. The van der Waals surface area contributed by atoms with Crippen LogP contribution in [0.4, 0.5) is 11.4 Å². The van der Waals surface area contributed by atoms with Gasteiger partial charge in [-0.15, -0.1) is 0 Å². The first-order chi connectivity index (χ1) is 15.1. The second kappa shape index (κ2) is 7.47. The number of nitrogens with zero attached hydrogens (tertiary/aromatic N) is 2. The first kappa shape index (κ1) is 19.2. The predicted octanol–water partition coefficient (Wildman–Crippen LogP) is 4.57. The number of nitrogens with one attached hydrogen (secondary N) is 1. The molecule has 1 N–H and O–H groups in total. The number of aromatic nitrogens is 1. The van der Waals surface area contributed by atoms with Gasteiger partial charge in [-0.1, -0.05) is 30.3 Å². The maximum absolute atomic E-state index is 13.0. The highest BCUT2D eigenvalue weighted by Gasteiger charge is 2.32. The fraction of sp³-hybridized carbons (Fsp3) is 0.200. The molecule has 0 radical (unpaired) electrons. The van der Waals surface area contributed by atoms with Crippen LogP contribution >= 0.6 is 0 Å². The maximum atomic E-state index is 13.0. The van der Waals surface area contributed by atoms with Crippen molar-refractivity contribution in [1.82, 2.24) is 4.57 Å². The Balaban J connectivity index is 1.45. The first-order valence-corrected chi connectivity index (χ1v) is 10.4. The average Bonchev–Trinajstić information content (AvgIpc) is 3.11. The van der Waals surface area contributed by atoms with Crippen molar-refractivity contribution in [2.75, 3.05) is 16.8 Å². The van der Waals surface area contributed by atoms with Crippen molar-refractivity contribution < 1.29 is 14.3 Å². The quantitative estimate of drug-likeness (QED) is 0.535. The zero-order valence-corrected chi connectivity index (χ0v) is 17.5. The van der Waals surface area contributed by atoms with Gasteiger partial charge in [0.25, 0.3) is 5.91 Å². The topological polar surface area (TPSA) is 63.6 Å². The molecular weight excluding hydrogens is 390 g/mol. The molecule has 6 nitrogen and oxygen atoms in total. The Hall–Kier alpha value is -3.80. The zero-order valence-electron chi connectivity index (χ0n) is 17.5. The number of ether oxygens (including phenoxy) is 1. The highest BCUT2D eigenvalue weighted by molar-refractivity contribution is 6.10. The standard InChI is InChI=1S/C25H23N3O3/c1-3-27-20-9-5-4-8-18(20)19-14-17(12-13-21(19)27)26-25(30)24-15-28(16(2)29)22-10-6-7-11-23(22)31-24/h4-14,24H,3,15H2,1-2H3,(H,26,30)/t24-/m0/s1. The van der Waals surface area contributed by atoms with Gasteiger partial charge >= 0.3 is 0 Å². The fourth-order valence-electron chi connectivity index (χ4n) is 4.36. The van der Waals surface area contributed by atoms with Crippen LogP contribution in [0.15, 0.2) is 66.7 Å². The number of rotatable bonds is 3. The number of hydrogen-bond donors (Lipinski definition) is 1. The summed E-state index contributed by atoms with van der Waals surface area (Å²) in [7, 11) is 0. The third-order valence-corrected chi connectivity index (χ3v) is 5.80. The Morgan fingerprint density at radius 1 is 1.00 bits per heavy atom. The molecule has 0 saturated heterocycles. The second-order valence-corrected chi connectivity index (χ2v) is 7.69. The fourth-order valence-corrected chi connectivity index (χ4v) is 4.36. The molecule has 1 aliphatic heterocycles. The number of amides is 2. The van der Waals surface area contributed by atoms with E-state index in [0.29, 0.717) is 17.1 Å². The molecule has 6 heteroatoms. The van der Waals surface area contributed by atoms with E-state index in [1.54, 1.807) is 11.0 Å². The zero-order chi connectivity index (χ0) is 21.5. The number of benzene rings is 3. The number of carbonyl (C=O) groups excluding carboxylic acids is 2. The van der Waals surface area contributed by atoms with Gasteiger partial charge in [0.15, 0.2) is 6.10 Å². The number of fused-ring (bicyclic) bond motifs is 4. The van der Waals surface area contributed by atoms with Gasteiger partial charge in [-0.3, -0.25) is 9.59 Å². The van der Waals surface area contributed by atoms with E-state index in [-0.39, 0.29) is 18.4 Å². The van der Waals surface area contributed by atoms with Crippen molar-refractivity contribution in [1.29, 1.82) is 0 Å². The van der Waals surface area contributed by atoms with Gasteiger partial charge in [0.05, 0.1) is 12.2 Å². The number of carbonyl (C=O) groups is 2. The minimum Gasteiger partial charge on any atom is -0.476 e. The van der Waals surface area contributed by atoms with Crippen LogP contribution in [0.1, 0.15) is 13.8 Å². The Kier molecular flexibility index (Phi) is 4.62. The average molecular weight is 413 g/mol. The minimum absolute atomic E-state index is 0.123. The van der Waals surface area contributed by atoms with E-state index < -0.39 is 6.10 Å². The lowest BCUT2D eigenvalue weighted by Crippen LogP contribution is -2.48. The molecule has 1 aliphatic rings. The van der Waals surface area contributed by atoms with E-state index in [1.807, 2.05) is 48.5 Å². The summed E-state index contributed by atoms with van der Waals surface area (Å²) in [5, 5.41) is 5.22. The molecular formula is C25H23N3O3. The van der Waals surface area contributed by atoms with Crippen molar-refractivity contribution in [3.8, 4) is 5.75 Å². The SMILES string of the molecule is CCn1c2ccccc2c2cc(NC(=O)[C@@H]3CN(C(C)=O)c4ccccc4O3)ccc21. The van der Waals surface area contributed by atoms with Crippen LogP contribution in [0.25, 0.3) is 21.8 Å². The van der Waals surface area contributed by atoms with E-state index in [9.17, 15) is 9.59 Å². The Morgan fingerprint density at radius 3 is 2.55 bits per heavy atom. The first-order valence-electron chi connectivity index (χ1n) is 10.4. The molecule has 156 valence electrons. The largest absolute Gasteiger partial charge is 0.476 e. The van der Waals surface area contributed by atoms with Gasteiger partial charge in [0.1, 0.15) is 5.75 Å². The monoisotopic (exact) mass is 413 g/mol. The molecule has 2 heterocycles. The summed E-state index contributed by atoms with van der Waals surface area (Å²) >= 11 is 0. The molecule has 1 atom stereocenters. The molecule has 3 aromatic carbocycles. The van der Waals surface area contributed by atoms with E-state index >= 15 is 0 Å². The van der Waals surface area contributed by atoms with Crippen LogP contribution in [0.2, 0.25) is 0 Å². The molecule has 0 unspecified atom stereocenters. The van der Waals surface area contributed by atoms with Crippen LogP contribution in [-0.4, -0.2) is 29.0 Å². The third-order valence-electron chi connectivity index (χ3n) is 5.80. The molecule has 5 rings (SSSR count). The van der Waals surface area contributed by atoms with Crippen LogP contribution in [0.3, 0.4) is 0 Å². The summed E-state index contributed by atoms with van der Waals surface area (Å²) in [5.41, 5.74) is 3.70. The van der Waals surface area contributed by atoms with Crippen LogP contribution < -0.4 is 15.0 Å². The Morgan fingerprint density at radius 2 is 1.74 bits per heavy atom. The lowest BCUT2D eigenvalue weighted by Gasteiger charge is -2.33. The number of aryl methyl sites for hydroxylation is 1. The van der Waals surface area contributed by atoms with Crippen molar-refractivity contribution >= 4 is 45.0 Å². The smallest absolute Gasteiger partial charge is 0.267 e. The van der Waals surface area contributed by atoms with E-state index in [1.165, 1.54) is 12.4 Å². The van der Waals surface area contributed by atoms with Crippen molar-refractivity contribution in [3.05, 3.63) is 66.7 Å².